The largest absolute Gasteiger partial charge is 0.401 e. The van der Waals surface area contributed by atoms with E-state index < -0.39 is 23.7 Å². The minimum absolute atomic E-state index is 0.00362. The molecule has 0 atom stereocenters. The molecular weight excluding hydrogens is 273 g/mol. The molecule has 0 aliphatic carbocycles. The van der Waals surface area contributed by atoms with Crippen molar-refractivity contribution in [1.29, 1.82) is 0 Å². The van der Waals surface area contributed by atoms with Gasteiger partial charge in [0.2, 0.25) is 0 Å². The van der Waals surface area contributed by atoms with Crippen LogP contribution < -0.4 is 0 Å². The van der Waals surface area contributed by atoms with E-state index in [9.17, 15) is 19.5 Å². The molecule has 0 N–H and O–H groups in total. The van der Waals surface area contributed by atoms with E-state index in [1.54, 1.807) is 13.8 Å². The van der Waals surface area contributed by atoms with Crippen molar-refractivity contribution in [3.05, 3.63) is 39.9 Å². The highest BCUT2D eigenvalue weighted by molar-refractivity contribution is 7.72. The second kappa shape index (κ2) is 6.56. The molecular formula is C11H14NO6P. The Kier molecular flexibility index (Phi) is 5.35. The van der Waals surface area contributed by atoms with E-state index in [0.717, 1.165) is 6.07 Å². The van der Waals surface area contributed by atoms with Gasteiger partial charge in [0.1, 0.15) is 5.56 Å². The van der Waals surface area contributed by atoms with Crippen molar-refractivity contribution in [3.63, 3.8) is 0 Å². The molecule has 0 aliphatic rings. The van der Waals surface area contributed by atoms with Gasteiger partial charge >= 0.3 is 7.60 Å². The van der Waals surface area contributed by atoms with Gasteiger partial charge < -0.3 is 9.05 Å². The summed E-state index contributed by atoms with van der Waals surface area (Å²) in [6.07, 6.45) is 0. The summed E-state index contributed by atoms with van der Waals surface area (Å²) in [5.74, 6) is 0. The van der Waals surface area contributed by atoms with Crippen molar-refractivity contribution in [1.82, 2.24) is 0 Å². The Balaban J connectivity index is 3.25. The Bertz CT molecular complexity index is 520. The lowest BCUT2D eigenvalue weighted by atomic mass is 10.2. The molecule has 0 bridgehead atoms. The summed E-state index contributed by atoms with van der Waals surface area (Å²) >= 11 is 0. The predicted molar refractivity (Wildman–Crippen MR) is 68.3 cm³/mol. The zero-order chi connectivity index (χ0) is 14.5. The average molecular weight is 287 g/mol. The van der Waals surface area contributed by atoms with Crippen LogP contribution in [-0.4, -0.2) is 23.7 Å². The van der Waals surface area contributed by atoms with Gasteiger partial charge in [-0.15, -0.1) is 0 Å². The van der Waals surface area contributed by atoms with E-state index >= 15 is 0 Å². The number of hydrogen-bond donors (Lipinski definition) is 0. The zero-order valence-electron chi connectivity index (χ0n) is 10.6. The molecule has 1 aromatic rings. The SMILES string of the molecule is CCOP(=O)(OCC)C(=O)c1ccccc1[N+](=O)[O-]. The van der Waals surface area contributed by atoms with Gasteiger partial charge in [-0.05, 0) is 19.9 Å². The molecule has 0 spiro atoms. The highest BCUT2D eigenvalue weighted by Gasteiger charge is 2.38. The quantitative estimate of drug-likeness (QED) is 0.434. The first-order valence-electron chi connectivity index (χ1n) is 5.63. The van der Waals surface area contributed by atoms with E-state index in [1.165, 1.54) is 18.2 Å². The van der Waals surface area contributed by atoms with Gasteiger partial charge in [-0.1, -0.05) is 12.1 Å². The molecule has 0 aromatic heterocycles. The second-order valence-corrected chi connectivity index (χ2v) is 5.33. The lowest BCUT2D eigenvalue weighted by molar-refractivity contribution is -0.385. The minimum atomic E-state index is -4.04. The standard InChI is InChI=1S/C11H14NO6P/c1-3-17-19(16,18-4-2)11(13)9-7-5-6-8-10(9)12(14)15/h5-8H,3-4H2,1-2H3. The zero-order valence-corrected chi connectivity index (χ0v) is 11.5. The maximum absolute atomic E-state index is 12.3. The molecule has 0 saturated carbocycles. The minimum Gasteiger partial charge on any atom is -0.303 e. The van der Waals surface area contributed by atoms with Crippen LogP contribution in [0.1, 0.15) is 24.2 Å². The summed E-state index contributed by atoms with van der Waals surface area (Å²) in [6.45, 7) is 3.12. The number of hydrogen-bond acceptors (Lipinski definition) is 6. The summed E-state index contributed by atoms with van der Waals surface area (Å²) < 4.78 is 22.0. The fourth-order valence-electron chi connectivity index (χ4n) is 1.46. The van der Waals surface area contributed by atoms with E-state index in [-0.39, 0.29) is 18.8 Å². The lowest BCUT2D eigenvalue weighted by Crippen LogP contribution is -2.09. The number of nitrogens with zero attached hydrogens (tertiary/aromatic N) is 1. The molecule has 0 saturated heterocycles. The first-order chi connectivity index (χ1) is 8.96. The number of carbonyl (C=O) groups excluding carboxylic acids is 1. The number of rotatable bonds is 7. The molecule has 0 unspecified atom stereocenters. The first kappa shape index (κ1) is 15.5. The molecule has 0 aliphatic heterocycles. The molecule has 0 amide bonds. The van der Waals surface area contributed by atoms with Gasteiger partial charge in [-0.3, -0.25) is 19.5 Å². The van der Waals surface area contributed by atoms with E-state index in [0.29, 0.717) is 0 Å². The first-order valence-corrected chi connectivity index (χ1v) is 7.18. The maximum atomic E-state index is 12.3. The summed E-state index contributed by atoms with van der Waals surface area (Å²) in [6, 6.07) is 5.25. The fraction of sp³-hybridized carbons (Fsp3) is 0.364. The van der Waals surface area contributed by atoms with E-state index in [4.69, 9.17) is 9.05 Å². The third-order valence-corrected chi connectivity index (χ3v) is 4.11. The Labute approximate surface area is 110 Å². The fourth-order valence-corrected chi connectivity index (χ4v) is 2.93. The topological polar surface area (TPSA) is 95.7 Å². The van der Waals surface area contributed by atoms with Gasteiger partial charge in [-0.2, -0.15) is 0 Å². The van der Waals surface area contributed by atoms with Gasteiger partial charge in [0.25, 0.3) is 11.2 Å². The monoisotopic (exact) mass is 287 g/mol. The molecule has 104 valence electrons. The van der Waals surface area contributed by atoms with Crippen LogP contribution in [0, 0.1) is 10.1 Å². The second-order valence-electron chi connectivity index (χ2n) is 3.41. The Morgan fingerprint density at radius 1 is 1.26 bits per heavy atom. The van der Waals surface area contributed by atoms with Crippen molar-refractivity contribution in [2.45, 2.75) is 13.8 Å². The molecule has 0 heterocycles. The number of carbonyl (C=O) groups is 1. The van der Waals surface area contributed by atoms with Crippen LogP contribution in [0.2, 0.25) is 0 Å². The van der Waals surface area contributed by atoms with Crippen LogP contribution in [-0.2, 0) is 13.6 Å². The van der Waals surface area contributed by atoms with Crippen molar-refractivity contribution in [2.24, 2.45) is 0 Å². The van der Waals surface area contributed by atoms with Crippen molar-refractivity contribution in [3.8, 4) is 0 Å². The van der Waals surface area contributed by atoms with Crippen LogP contribution in [0.5, 0.6) is 0 Å². The molecule has 0 radical (unpaired) electrons. The Hall–Kier alpha value is -1.56. The molecule has 1 rings (SSSR count). The normalized spacial score (nSPS) is 11.3. The molecule has 1 aromatic carbocycles. The maximum Gasteiger partial charge on any atom is 0.401 e. The van der Waals surface area contributed by atoms with Crippen molar-refractivity contribution < 1.29 is 23.3 Å². The number of nitro groups is 1. The number of para-hydroxylation sites is 1. The summed E-state index contributed by atoms with van der Waals surface area (Å²) in [5, 5.41) is 10.9. The van der Waals surface area contributed by atoms with Crippen LogP contribution >= 0.6 is 7.60 Å². The van der Waals surface area contributed by atoms with Gasteiger partial charge in [0, 0.05) is 6.07 Å². The average Bonchev–Trinajstić information content (AvgIpc) is 2.38. The van der Waals surface area contributed by atoms with Gasteiger partial charge in [-0.25, -0.2) is 0 Å². The summed E-state index contributed by atoms with van der Waals surface area (Å²) in [7, 11) is -4.04. The van der Waals surface area contributed by atoms with Gasteiger partial charge in [0.15, 0.2) is 0 Å². The Morgan fingerprint density at radius 2 is 1.79 bits per heavy atom. The van der Waals surface area contributed by atoms with Crippen LogP contribution in [0.25, 0.3) is 0 Å². The van der Waals surface area contributed by atoms with Crippen LogP contribution in [0.4, 0.5) is 5.69 Å². The third kappa shape index (κ3) is 3.47. The number of nitro benzene ring substituents is 1. The molecule has 8 heteroatoms. The Morgan fingerprint density at radius 3 is 2.26 bits per heavy atom. The van der Waals surface area contributed by atoms with E-state index in [2.05, 4.69) is 0 Å². The summed E-state index contributed by atoms with van der Waals surface area (Å²) in [5.41, 5.74) is -1.70. The van der Waals surface area contributed by atoms with Crippen LogP contribution in [0.15, 0.2) is 24.3 Å². The highest BCUT2D eigenvalue weighted by Crippen LogP contribution is 2.52. The lowest BCUT2D eigenvalue weighted by Gasteiger charge is -2.15. The van der Waals surface area contributed by atoms with Gasteiger partial charge in [0.05, 0.1) is 18.1 Å². The third-order valence-electron chi connectivity index (χ3n) is 2.18. The predicted octanol–water partition coefficient (Wildman–Crippen LogP) is 3.00. The number of benzene rings is 1. The van der Waals surface area contributed by atoms with Crippen molar-refractivity contribution in [2.75, 3.05) is 13.2 Å². The molecule has 7 nitrogen and oxygen atoms in total. The highest BCUT2D eigenvalue weighted by atomic mass is 31.2. The summed E-state index contributed by atoms with van der Waals surface area (Å²) in [4.78, 5) is 22.3. The van der Waals surface area contributed by atoms with Crippen LogP contribution in [0.3, 0.4) is 0 Å². The smallest absolute Gasteiger partial charge is 0.303 e. The van der Waals surface area contributed by atoms with E-state index in [1.807, 2.05) is 0 Å². The van der Waals surface area contributed by atoms with Crippen molar-refractivity contribution >= 4 is 18.8 Å². The molecule has 19 heavy (non-hydrogen) atoms. The molecule has 0 fully saturated rings.